The molecule has 1 fully saturated rings. The van der Waals surface area contributed by atoms with Crippen LogP contribution in [-0.4, -0.2) is 57.0 Å². The van der Waals surface area contributed by atoms with E-state index in [0.717, 1.165) is 56.8 Å². The van der Waals surface area contributed by atoms with Crippen LogP contribution in [0.15, 0.2) is 60.8 Å². The second-order valence-corrected chi connectivity index (χ2v) is 11.5. The van der Waals surface area contributed by atoms with Gasteiger partial charge in [0.1, 0.15) is 17.9 Å². The molecule has 2 aromatic carbocycles. The maximum Gasteiger partial charge on any atom is 0.434 e. The second kappa shape index (κ2) is 12.4. The molecule has 2 aliphatic rings. The number of halogens is 3. The maximum absolute atomic E-state index is 13.8. The fraction of sp³-hybridized carbons (Fsp3) is 0.364. The number of aromatic nitrogens is 3. The van der Waals surface area contributed by atoms with E-state index in [2.05, 4.69) is 33.2 Å². The standard InChI is InChI=1S/C33H33F3N4O4/c1-21-7-10-29(44-20-22-8-9-25-18-39(12-11-24(25)15-22)17-23-4-3-13-43-19-23)26(14-21)28-5-2-6-30(38-28)40-31(33(34,35)36)27(16-37-40)32(41)42/h2,5-10,14-16,23H,3-4,11-13,17-20H2,1H3,(H,41,42). The number of carboxylic acid groups (broad SMARTS) is 1. The van der Waals surface area contributed by atoms with Crippen LogP contribution in [0, 0.1) is 12.8 Å². The van der Waals surface area contributed by atoms with Crippen LogP contribution in [0.1, 0.15) is 51.1 Å². The molecule has 8 nitrogen and oxygen atoms in total. The number of rotatable bonds is 8. The Balaban J connectivity index is 1.20. The van der Waals surface area contributed by atoms with E-state index in [4.69, 9.17) is 9.47 Å². The zero-order chi connectivity index (χ0) is 30.8. The third-order valence-electron chi connectivity index (χ3n) is 8.16. The first-order valence-electron chi connectivity index (χ1n) is 14.7. The molecule has 0 amide bonds. The number of ether oxygens (including phenoxy) is 2. The number of aromatic carboxylic acids is 1. The van der Waals surface area contributed by atoms with Crippen molar-refractivity contribution < 1.29 is 32.5 Å². The van der Waals surface area contributed by atoms with Gasteiger partial charge in [-0.05, 0) is 73.1 Å². The molecule has 1 saturated heterocycles. The molecule has 0 radical (unpaired) electrons. The Bertz CT molecular complexity index is 1660. The molecule has 4 aromatic rings. The van der Waals surface area contributed by atoms with Crippen molar-refractivity contribution in [1.29, 1.82) is 0 Å². The van der Waals surface area contributed by atoms with E-state index >= 15 is 0 Å². The largest absolute Gasteiger partial charge is 0.488 e. The minimum Gasteiger partial charge on any atom is -0.488 e. The van der Waals surface area contributed by atoms with E-state index in [9.17, 15) is 23.1 Å². The molecule has 6 rings (SSSR count). The fourth-order valence-electron chi connectivity index (χ4n) is 6.00. The number of alkyl halides is 3. The van der Waals surface area contributed by atoms with Crippen LogP contribution in [0.2, 0.25) is 0 Å². The molecule has 2 aliphatic heterocycles. The van der Waals surface area contributed by atoms with Crippen molar-refractivity contribution in [3.63, 3.8) is 0 Å². The van der Waals surface area contributed by atoms with Crippen LogP contribution < -0.4 is 4.74 Å². The van der Waals surface area contributed by atoms with Crippen molar-refractivity contribution in [2.75, 3.05) is 26.3 Å². The van der Waals surface area contributed by atoms with E-state index in [1.54, 1.807) is 12.1 Å². The molecular weight excluding hydrogens is 573 g/mol. The average molecular weight is 607 g/mol. The SMILES string of the molecule is Cc1ccc(OCc2ccc3c(c2)CCN(CC2CCCOC2)C3)c(-c2cccc(-n3ncc(C(=O)O)c3C(F)(F)F)n2)c1. The summed E-state index contributed by atoms with van der Waals surface area (Å²) in [5.41, 5.74) is 3.23. The van der Waals surface area contributed by atoms with E-state index in [0.29, 0.717) is 40.4 Å². The van der Waals surface area contributed by atoms with Crippen molar-refractivity contribution in [1.82, 2.24) is 19.7 Å². The number of aryl methyl sites for hydroxylation is 1. The molecule has 0 spiro atoms. The van der Waals surface area contributed by atoms with Crippen LogP contribution in [0.5, 0.6) is 5.75 Å². The number of hydrogen-bond acceptors (Lipinski definition) is 6. The lowest BCUT2D eigenvalue weighted by atomic mass is 9.95. The van der Waals surface area contributed by atoms with Crippen molar-refractivity contribution in [2.24, 2.45) is 5.92 Å². The summed E-state index contributed by atoms with van der Waals surface area (Å²) in [5.74, 6) is -0.746. The summed E-state index contributed by atoms with van der Waals surface area (Å²) in [6.45, 7) is 6.94. The summed E-state index contributed by atoms with van der Waals surface area (Å²) in [5, 5.41) is 13.0. The van der Waals surface area contributed by atoms with Crippen molar-refractivity contribution >= 4 is 5.97 Å². The van der Waals surface area contributed by atoms with Crippen molar-refractivity contribution in [2.45, 2.75) is 45.5 Å². The van der Waals surface area contributed by atoms with Crippen LogP contribution >= 0.6 is 0 Å². The molecule has 2 aromatic heterocycles. The summed E-state index contributed by atoms with van der Waals surface area (Å²) in [4.78, 5) is 18.4. The van der Waals surface area contributed by atoms with Crippen molar-refractivity contribution in [3.05, 3.63) is 94.3 Å². The van der Waals surface area contributed by atoms with Gasteiger partial charge in [-0.15, -0.1) is 0 Å². The molecule has 11 heteroatoms. The highest BCUT2D eigenvalue weighted by molar-refractivity contribution is 5.89. The van der Waals surface area contributed by atoms with Crippen LogP contribution in [-0.2, 0) is 30.5 Å². The third kappa shape index (κ3) is 6.48. The molecule has 4 heterocycles. The van der Waals surface area contributed by atoms with Gasteiger partial charge in [0.2, 0.25) is 0 Å². The van der Waals surface area contributed by atoms with E-state index < -0.39 is 23.4 Å². The molecule has 0 bridgehead atoms. The second-order valence-electron chi connectivity index (χ2n) is 11.5. The number of fused-ring (bicyclic) bond motifs is 1. The third-order valence-corrected chi connectivity index (χ3v) is 8.16. The van der Waals surface area contributed by atoms with Gasteiger partial charge in [0.25, 0.3) is 0 Å². The predicted molar refractivity (Wildman–Crippen MR) is 157 cm³/mol. The molecule has 1 unspecified atom stereocenters. The molecule has 1 atom stereocenters. The Morgan fingerprint density at radius 3 is 2.77 bits per heavy atom. The van der Waals surface area contributed by atoms with Gasteiger partial charge in [0.05, 0.1) is 18.5 Å². The maximum atomic E-state index is 13.8. The number of carboxylic acids is 1. The Morgan fingerprint density at radius 1 is 1.14 bits per heavy atom. The summed E-state index contributed by atoms with van der Waals surface area (Å²) < 4.78 is 53.9. The topological polar surface area (TPSA) is 89.7 Å². The van der Waals surface area contributed by atoms with E-state index in [1.807, 2.05) is 25.1 Å². The first-order chi connectivity index (χ1) is 21.2. The molecule has 0 aliphatic carbocycles. The molecular formula is C33H33F3N4O4. The summed E-state index contributed by atoms with van der Waals surface area (Å²) >= 11 is 0. The quantitative estimate of drug-likeness (QED) is 0.251. The Kier molecular flexibility index (Phi) is 8.42. The van der Waals surface area contributed by atoms with Gasteiger partial charge in [-0.1, -0.05) is 35.9 Å². The lowest BCUT2D eigenvalue weighted by molar-refractivity contribution is -0.143. The molecule has 230 valence electrons. The van der Waals surface area contributed by atoms with Gasteiger partial charge in [-0.3, -0.25) is 4.90 Å². The number of pyridine rings is 1. The number of hydrogen-bond donors (Lipinski definition) is 1. The minimum atomic E-state index is -4.95. The van der Waals surface area contributed by atoms with E-state index in [1.165, 1.54) is 23.6 Å². The Hall–Kier alpha value is -4.22. The first-order valence-corrected chi connectivity index (χ1v) is 14.7. The Morgan fingerprint density at radius 2 is 2.00 bits per heavy atom. The molecule has 44 heavy (non-hydrogen) atoms. The number of carbonyl (C=O) groups is 1. The fourth-order valence-corrected chi connectivity index (χ4v) is 6.00. The molecule has 1 N–H and O–H groups in total. The minimum absolute atomic E-state index is 0.158. The van der Waals surface area contributed by atoms with Gasteiger partial charge < -0.3 is 14.6 Å². The normalized spacial score (nSPS) is 17.3. The lowest BCUT2D eigenvalue weighted by Crippen LogP contribution is -2.37. The lowest BCUT2D eigenvalue weighted by Gasteiger charge is -2.33. The average Bonchev–Trinajstić information content (AvgIpc) is 3.48. The van der Waals surface area contributed by atoms with Crippen LogP contribution in [0.25, 0.3) is 17.1 Å². The predicted octanol–water partition coefficient (Wildman–Crippen LogP) is 6.32. The van der Waals surface area contributed by atoms with Gasteiger partial charge in [-0.2, -0.15) is 18.3 Å². The highest BCUT2D eigenvalue weighted by Crippen LogP contribution is 2.35. The zero-order valence-corrected chi connectivity index (χ0v) is 24.3. The van der Waals surface area contributed by atoms with Gasteiger partial charge >= 0.3 is 12.1 Å². The van der Waals surface area contributed by atoms with Crippen molar-refractivity contribution in [3.8, 4) is 22.8 Å². The van der Waals surface area contributed by atoms with E-state index in [-0.39, 0.29) is 5.82 Å². The Labute approximate surface area is 253 Å². The zero-order valence-electron chi connectivity index (χ0n) is 24.3. The first kappa shape index (κ1) is 29.8. The number of benzene rings is 2. The molecule has 0 saturated carbocycles. The monoisotopic (exact) mass is 606 g/mol. The van der Waals surface area contributed by atoms with Crippen LogP contribution in [0.4, 0.5) is 13.2 Å². The van der Waals surface area contributed by atoms with Gasteiger partial charge in [0, 0.05) is 31.8 Å². The summed E-state index contributed by atoms with van der Waals surface area (Å²) in [6.07, 6.45) is -0.927. The van der Waals surface area contributed by atoms with Gasteiger partial charge in [0.15, 0.2) is 11.5 Å². The van der Waals surface area contributed by atoms with Gasteiger partial charge in [-0.25, -0.2) is 14.5 Å². The highest BCUT2D eigenvalue weighted by Gasteiger charge is 2.41. The van der Waals surface area contributed by atoms with Crippen LogP contribution in [0.3, 0.4) is 0 Å². The highest BCUT2D eigenvalue weighted by atomic mass is 19.4. The smallest absolute Gasteiger partial charge is 0.434 e. The summed E-state index contributed by atoms with van der Waals surface area (Å²) in [7, 11) is 0. The number of nitrogens with zero attached hydrogens (tertiary/aromatic N) is 4. The summed E-state index contributed by atoms with van der Waals surface area (Å²) in [6, 6.07) is 16.6.